The summed E-state index contributed by atoms with van der Waals surface area (Å²) < 4.78 is 2.01. The van der Waals surface area contributed by atoms with Crippen LogP contribution < -0.4 is 0 Å². The summed E-state index contributed by atoms with van der Waals surface area (Å²) in [5.74, 6) is 0. The first-order valence-corrected chi connectivity index (χ1v) is 6.98. The molecule has 17 heavy (non-hydrogen) atoms. The second-order valence-corrected chi connectivity index (χ2v) is 5.43. The molecular weight excluding hydrogens is 232 g/mol. The van der Waals surface area contributed by atoms with Crippen LogP contribution in [0.1, 0.15) is 44.0 Å². The molecule has 0 aliphatic heterocycles. The first-order valence-electron chi connectivity index (χ1n) is 6.54. The minimum Gasteiger partial charge on any atom is -0.272 e. The Morgan fingerprint density at radius 2 is 2.29 bits per heavy atom. The van der Waals surface area contributed by atoms with E-state index in [1.54, 1.807) is 0 Å². The van der Waals surface area contributed by atoms with Crippen LogP contribution in [0.25, 0.3) is 0 Å². The average Bonchev–Trinajstić information content (AvgIpc) is 2.52. The minimum atomic E-state index is 0.228. The van der Waals surface area contributed by atoms with Gasteiger partial charge in [-0.05, 0) is 31.7 Å². The molecule has 1 aliphatic rings. The van der Waals surface area contributed by atoms with Gasteiger partial charge in [0.15, 0.2) is 0 Å². The van der Waals surface area contributed by atoms with Gasteiger partial charge in [0.05, 0.1) is 11.1 Å². The Bertz CT molecular complexity index is 406. The highest BCUT2D eigenvalue weighted by Gasteiger charge is 2.12. The van der Waals surface area contributed by atoms with Crippen LogP contribution in [0.3, 0.4) is 0 Å². The summed E-state index contributed by atoms with van der Waals surface area (Å²) in [4.78, 5) is 0. The summed E-state index contributed by atoms with van der Waals surface area (Å²) in [6.45, 7) is 2.14. The van der Waals surface area contributed by atoms with Crippen LogP contribution >= 0.6 is 11.6 Å². The molecular formula is C14H21ClN2. The van der Waals surface area contributed by atoms with Gasteiger partial charge in [-0.15, -0.1) is 11.6 Å². The highest BCUT2D eigenvalue weighted by atomic mass is 35.5. The van der Waals surface area contributed by atoms with Gasteiger partial charge in [-0.2, -0.15) is 5.10 Å². The molecule has 0 saturated carbocycles. The van der Waals surface area contributed by atoms with Crippen molar-refractivity contribution in [3.8, 4) is 0 Å². The van der Waals surface area contributed by atoms with Crippen molar-refractivity contribution in [2.45, 2.75) is 50.8 Å². The van der Waals surface area contributed by atoms with Gasteiger partial charge in [0, 0.05) is 19.2 Å². The molecule has 3 heteroatoms. The summed E-state index contributed by atoms with van der Waals surface area (Å²) in [5.41, 5.74) is 3.96. The summed E-state index contributed by atoms with van der Waals surface area (Å²) in [6, 6.07) is 2.22. The maximum Gasteiger partial charge on any atom is 0.0624 e. The fraction of sp³-hybridized carbons (Fsp3) is 0.643. The molecule has 1 heterocycles. The molecule has 1 aromatic heterocycles. The third kappa shape index (κ3) is 3.35. The second kappa shape index (κ2) is 5.72. The van der Waals surface area contributed by atoms with Crippen molar-refractivity contribution in [1.29, 1.82) is 0 Å². The molecule has 1 atom stereocenters. The molecule has 0 fully saturated rings. The maximum atomic E-state index is 6.26. The SMILES string of the molecule is CCc1cc(CC2=CC(Cl)CCCC2)n(C)n1. The molecule has 1 aromatic rings. The molecule has 0 radical (unpaired) electrons. The predicted molar refractivity (Wildman–Crippen MR) is 72.5 cm³/mol. The summed E-state index contributed by atoms with van der Waals surface area (Å²) in [7, 11) is 2.03. The van der Waals surface area contributed by atoms with Crippen LogP contribution in [-0.4, -0.2) is 15.2 Å². The molecule has 0 spiro atoms. The lowest BCUT2D eigenvalue weighted by Gasteiger charge is -2.06. The number of aryl methyl sites for hydroxylation is 2. The lowest BCUT2D eigenvalue weighted by atomic mass is 10.0. The third-order valence-corrected chi connectivity index (χ3v) is 3.79. The fourth-order valence-electron chi connectivity index (χ4n) is 2.40. The van der Waals surface area contributed by atoms with E-state index >= 15 is 0 Å². The summed E-state index contributed by atoms with van der Waals surface area (Å²) in [5, 5.41) is 4.72. The van der Waals surface area contributed by atoms with Gasteiger partial charge in [0.1, 0.15) is 0 Å². The smallest absolute Gasteiger partial charge is 0.0624 e. The van der Waals surface area contributed by atoms with Crippen molar-refractivity contribution in [3.63, 3.8) is 0 Å². The number of rotatable bonds is 3. The van der Waals surface area contributed by atoms with Crippen molar-refractivity contribution < 1.29 is 0 Å². The fourth-order valence-corrected chi connectivity index (χ4v) is 2.74. The zero-order valence-corrected chi connectivity index (χ0v) is 11.5. The van der Waals surface area contributed by atoms with E-state index in [1.807, 2.05) is 11.7 Å². The van der Waals surface area contributed by atoms with Crippen molar-refractivity contribution in [2.75, 3.05) is 0 Å². The first-order chi connectivity index (χ1) is 8.19. The van der Waals surface area contributed by atoms with E-state index in [4.69, 9.17) is 11.6 Å². The van der Waals surface area contributed by atoms with E-state index in [-0.39, 0.29) is 5.38 Å². The van der Waals surface area contributed by atoms with Crippen LogP contribution in [0.5, 0.6) is 0 Å². The van der Waals surface area contributed by atoms with Crippen LogP contribution in [0.2, 0.25) is 0 Å². The van der Waals surface area contributed by atoms with E-state index in [9.17, 15) is 0 Å². The maximum absolute atomic E-state index is 6.26. The molecule has 0 N–H and O–H groups in total. The van der Waals surface area contributed by atoms with Crippen LogP contribution in [0.15, 0.2) is 17.7 Å². The largest absolute Gasteiger partial charge is 0.272 e. The molecule has 2 nitrogen and oxygen atoms in total. The lowest BCUT2D eigenvalue weighted by molar-refractivity contribution is 0.687. The summed E-state index contributed by atoms with van der Waals surface area (Å²) in [6.07, 6.45) is 9.10. The Hall–Kier alpha value is -0.760. The second-order valence-electron chi connectivity index (χ2n) is 4.87. The van der Waals surface area contributed by atoms with Gasteiger partial charge in [-0.3, -0.25) is 4.68 Å². The number of aromatic nitrogens is 2. The average molecular weight is 253 g/mol. The summed E-state index contributed by atoms with van der Waals surface area (Å²) >= 11 is 6.26. The van der Waals surface area contributed by atoms with E-state index in [2.05, 4.69) is 24.2 Å². The number of alkyl halides is 1. The minimum absolute atomic E-state index is 0.228. The van der Waals surface area contributed by atoms with Gasteiger partial charge in [0.25, 0.3) is 0 Å². The van der Waals surface area contributed by atoms with E-state index in [0.717, 1.165) is 19.3 Å². The van der Waals surface area contributed by atoms with Crippen LogP contribution in [0, 0.1) is 0 Å². The predicted octanol–water partition coefficient (Wildman–Crippen LogP) is 3.63. The van der Waals surface area contributed by atoms with Crippen LogP contribution in [0.4, 0.5) is 0 Å². The van der Waals surface area contributed by atoms with E-state index in [1.165, 1.54) is 36.2 Å². The van der Waals surface area contributed by atoms with Gasteiger partial charge in [0.2, 0.25) is 0 Å². The molecule has 94 valence electrons. The Balaban J connectivity index is 2.10. The topological polar surface area (TPSA) is 17.8 Å². The number of halogens is 1. The first kappa shape index (κ1) is 12.7. The normalized spacial score (nSPS) is 21.1. The highest BCUT2D eigenvalue weighted by molar-refractivity contribution is 6.21. The third-order valence-electron chi connectivity index (χ3n) is 3.44. The highest BCUT2D eigenvalue weighted by Crippen LogP contribution is 2.23. The zero-order chi connectivity index (χ0) is 12.3. The van der Waals surface area contributed by atoms with E-state index < -0.39 is 0 Å². The molecule has 2 rings (SSSR count). The Kier molecular flexibility index (Phi) is 4.27. The van der Waals surface area contributed by atoms with Gasteiger partial charge in [-0.25, -0.2) is 0 Å². The van der Waals surface area contributed by atoms with Crippen molar-refractivity contribution in [2.24, 2.45) is 7.05 Å². The molecule has 0 bridgehead atoms. The monoisotopic (exact) mass is 252 g/mol. The van der Waals surface area contributed by atoms with Crippen molar-refractivity contribution in [1.82, 2.24) is 9.78 Å². The van der Waals surface area contributed by atoms with Gasteiger partial charge in [-0.1, -0.05) is 25.0 Å². The van der Waals surface area contributed by atoms with Crippen molar-refractivity contribution in [3.05, 3.63) is 29.1 Å². The number of allylic oxidation sites excluding steroid dienone is 2. The van der Waals surface area contributed by atoms with Crippen LogP contribution in [-0.2, 0) is 19.9 Å². The molecule has 0 amide bonds. The number of hydrogen-bond donors (Lipinski definition) is 0. The van der Waals surface area contributed by atoms with Gasteiger partial charge < -0.3 is 0 Å². The molecule has 0 aromatic carbocycles. The lowest BCUT2D eigenvalue weighted by Crippen LogP contribution is -2.01. The van der Waals surface area contributed by atoms with E-state index in [0.29, 0.717) is 0 Å². The Morgan fingerprint density at radius 1 is 1.47 bits per heavy atom. The number of nitrogens with zero attached hydrogens (tertiary/aromatic N) is 2. The molecule has 1 unspecified atom stereocenters. The Labute approximate surface area is 109 Å². The quantitative estimate of drug-likeness (QED) is 0.593. The zero-order valence-electron chi connectivity index (χ0n) is 10.7. The molecule has 0 saturated heterocycles. The Morgan fingerprint density at radius 3 is 3.00 bits per heavy atom. The van der Waals surface area contributed by atoms with Gasteiger partial charge >= 0.3 is 0 Å². The standard InChI is InChI=1S/C14H21ClN2/c1-3-13-10-14(17(2)16-13)9-11-6-4-5-7-12(15)8-11/h8,10,12H,3-7,9H2,1-2H3. The van der Waals surface area contributed by atoms with Crippen molar-refractivity contribution >= 4 is 11.6 Å². The number of hydrogen-bond acceptors (Lipinski definition) is 1. The molecule has 1 aliphatic carbocycles.